The van der Waals surface area contributed by atoms with Gasteiger partial charge in [-0.1, -0.05) is 0 Å². The third kappa shape index (κ3) is 2.63. The number of hydrogen-bond donors (Lipinski definition) is 0. The van der Waals surface area contributed by atoms with Crippen LogP contribution >= 0.6 is 9.24 Å². The molecule has 1 aliphatic rings. The van der Waals surface area contributed by atoms with Gasteiger partial charge in [-0.2, -0.15) is 0 Å². The Balaban J connectivity index is 2.40. The van der Waals surface area contributed by atoms with Crippen LogP contribution in [0.4, 0.5) is 0 Å². The Hall–Kier alpha value is 0.380. The average molecular weight is 166 g/mol. The van der Waals surface area contributed by atoms with Crippen molar-refractivity contribution < 1.29 is 8.42 Å². The molecule has 4 heteroatoms. The molecule has 1 fully saturated rings. The van der Waals surface area contributed by atoms with Crippen LogP contribution in [0.1, 0.15) is 12.8 Å². The number of sulfone groups is 1. The van der Waals surface area contributed by atoms with Gasteiger partial charge in [0, 0.05) is 0 Å². The molecule has 0 spiro atoms. The normalized spacial score (nSPS) is 20.1. The van der Waals surface area contributed by atoms with Crippen molar-refractivity contribution in [1.82, 2.24) is 0 Å². The summed E-state index contributed by atoms with van der Waals surface area (Å²) in [5.74, 6) is 0.909. The van der Waals surface area contributed by atoms with E-state index in [-0.39, 0.29) is 5.49 Å². The summed E-state index contributed by atoms with van der Waals surface area (Å²) in [5.41, 5.74) is 0.226. The Bertz CT molecular complexity index is 181. The molecule has 1 aliphatic carbocycles. The second-order valence-corrected chi connectivity index (χ2v) is 5.67. The van der Waals surface area contributed by atoms with Crippen molar-refractivity contribution in [3.8, 4) is 0 Å². The summed E-state index contributed by atoms with van der Waals surface area (Å²) in [7, 11) is -0.439. The van der Waals surface area contributed by atoms with Crippen LogP contribution < -0.4 is 0 Å². The van der Waals surface area contributed by atoms with Gasteiger partial charge in [0.1, 0.15) is 0 Å². The summed E-state index contributed by atoms with van der Waals surface area (Å²) in [4.78, 5) is 0. The monoisotopic (exact) mass is 166 g/mol. The summed E-state index contributed by atoms with van der Waals surface area (Å²) in [6.45, 7) is 0. The highest BCUT2D eigenvalue weighted by molar-refractivity contribution is 7.94. The highest BCUT2D eigenvalue weighted by Gasteiger charge is 2.26. The van der Waals surface area contributed by atoms with E-state index in [1.807, 2.05) is 0 Å². The minimum Gasteiger partial charge on any atom is -0.228 e. The quantitative estimate of drug-likeness (QED) is 0.577. The van der Waals surface area contributed by atoms with Crippen LogP contribution in [0.15, 0.2) is 0 Å². The van der Waals surface area contributed by atoms with Crippen LogP contribution in [0.5, 0.6) is 0 Å². The Morgan fingerprint density at radius 3 is 2.33 bits per heavy atom. The molecule has 0 aliphatic heterocycles. The van der Waals surface area contributed by atoms with Crippen LogP contribution in [-0.2, 0) is 9.84 Å². The zero-order valence-electron chi connectivity index (χ0n) is 5.21. The fourth-order valence-electron chi connectivity index (χ4n) is 0.712. The third-order valence-electron chi connectivity index (χ3n) is 1.44. The standard InChI is InChI=1S/C5H11O2PS/c6-9(7,4-8)3-5-1-2-5/h5H,1-4,8H2. The molecule has 0 heterocycles. The molecular weight excluding hydrogens is 155 g/mol. The summed E-state index contributed by atoms with van der Waals surface area (Å²) < 4.78 is 21.7. The molecule has 9 heavy (non-hydrogen) atoms. The summed E-state index contributed by atoms with van der Waals surface area (Å²) in [6, 6.07) is 0. The first-order valence-electron chi connectivity index (χ1n) is 3.04. The molecule has 0 aromatic rings. The van der Waals surface area contributed by atoms with Crippen molar-refractivity contribution in [2.45, 2.75) is 12.8 Å². The molecule has 0 aromatic heterocycles. The fourth-order valence-corrected chi connectivity index (χ4v) is 2.31. The lowest BCUT2D eigenvalue weighted by atomic mass is 10.5. The molecule has 0 bridgehead atoms. The van der Waals surface area contributed by atoms with Gasteiger partial charge in [0.25, 0.3) is 0 Å². The van der Waals surface area contributed by atoms with Crippen molar-refractivity contribution >= 4 is 19.1 Å². The second-order valence-electron chi connectivity index (χ2n) is 2.52. The maximum atomic E-state index is 10.8. The SMILES string of the molecule is O=S(=O)(CP)CC1CC1. The van der Waals surface area contributed by atoms with E-state index in [1.54, 1.807) is 0 Å². The lowest BCUT2D eigenvalue weighted by Gasteiger charge is -1.95. The molecule has 0 N–H and O–H groups in total. The molecule has 1 atom stereocenters. The van der Waals surface area contributed by atoms with E-state index >= 15 is 0 Å². The molecule has 1 saturated carbocycles. The van der Waals surface area contributed by atoms with Crippen LogP contribution in [-0.4, -0.2) is 19.7 Å². The molecule has 54 valence electrons. The maximum absolute atomic E-state index is 10.8. The minimum atomic E-state index is -2.69. The Labute approximate surface area is 58.1 Å². The Morgan fingerprint density at radius 1 is 1.44 bits per heavy atom. The topological polar surface area (TPSA) is 34.1 Å². The first-order chi connectivity index (χ1) is 4.14. The van der Waals surface area contributed by atoms with Crippen molar-refractivity contribution in [1.29, 1.82) is 0 Å². The van der Waals surface area contributed by atoms with Crippen LogP contribution in [0.25, 0.3) is 0 Å². The van der Waals surface area contributed by atoms with E-state index in [1.165, 1.54) is 0 Å². The second kappa shape index (κ2) is 2.55. The van der Waals surface area contributed by atoms with Crippen molar-refractivity contribution in [3.63, 3.8) is 0 Å². The molecule has 0 saturated heterocycles. The fraction of sp³-hybridized carbons (Fsp3) is 1.00. The highest BCUT2D eigenvalue weighted by Crippen LogP contribution is 2.30. The van der Waals surface area contributed by atoms with Gasteiger partial charge in [-0.05, 0) is 18.8 Å². The van der Waals surface area contributed by atoms with Gasteiger partial charge in [-0.15, -0.1) is 9.24 Å². The minimum absolute atomic E-state index is 0.226. The molecule has 0 amide bonds. The van der Waals surface area contributed by atoms with Crippen molar-refractivity contribution in [3.05, 3.63) is 0 Å². The summed E-state index contributed by atoms with van der Waals surface area (Å²) in [6.07, 6.45) is 2.23. The molecule has 1 unspecified atom stereocenters. The zero-order valence-corrected chi connectivity index (χ0v) is 7.18. The van der Waals surface area contributed by atoms with Gasteiger partial charge in [-0.25, -0.2) is 8.42 Å². The largest absolute Gasteiger partial charge is 0.228 e. The first-order valence-corrected chi connectivity index (χ1v) is 5.68. The summed E-state index contributed by atoms with van der Waals surface area (Å²) >= 11 is 0. The number of hydrogen-bond acceptors (Lipinski definition) is 2. The zero-order chi connectivity index (χ0) is 6.91. The van der Waals surface area contributed by atoms with Gasteiger partial charge in [-0.3, -0.25) is 0 Å². The lowest BCUT2D eigenvalue weighted by Crippen LogP contribution is -2.07. The smallest absolute Gasteiger partial charge is 0.154 e. The van der Waals surface area contributed by atoms with Crippen LogP contribution in [0, 0.1) is 5.92 Å². The van der Waals surface area contributed by atoms with Crippen molar-refractivity contribution in [2.24, 2.45) is 5.92 Å². The van der Waals surface area contributed by atoms with Gasteiger partial charge in [0.05, 0.1) is 11.2 Å². The maximum Gasteiger partial charge on any atom is 0.154 e. The van der Waals surface area contributed by atoms with Gasteiger partial charge >= 0.3 is 0 Å². The molecule has 0 radical (unpaired) electrons. The van der Waals surface area contributed by atoms with E-state index in [4.69, 9.17) is 0 Å². The predicted octanol–water partition coefficient (Wildman–Crippen LogP) is 0.644. The van der Waals surface area contributed by atoms with Crippen molar-refractivity contribution in [2.75, 3.05) is 11.2 Å². The van der Waals surface area contributed by atoms with Gasteiger partial charge in [0.15, 0.2) is 9.84 Å². The average Bonchev–Trinajstić information content (AvgIpc) is 2.50. The van der Waals surface area contributed by atoms with Gasteiger partial charge in [0.2, 0.25) is 0 Å². The van der Waals surface area contributed by atoms with E-state index < -0.39 is 9.84 Å². The third-order valence-corrected chi connectivity index (χ3v) is 4.45. The predicted molar refractivity (Wildman–Crippen MR) is 41.1 cm³/mol. The van der Waals surface area contributed by atoms with E-state index in [2.05, 4.69) is 9.24 Å². The van der Waals surface area contributed by atoms with Crippen LogP contribution in [0.2, 0.25) is 0 Å². The Morgan fingerprint density at radius 2 is 2.00 bits per heavy atom. The Kier molecular flexibility index (Phi) is 2.12. The first kappa shape index (κ1) is 7.49. The van der Waals surface area contributed by atoms with E-state index in [0.717, 1.165) is 12.8 Å². The molecule has 0 aromatic carbocycles. The van der Waals surface area contributed by atoms with E-state index in [0.29, 0.717) is 11.7 Å². The molecule has 1 rings (SSSR count). The van der Waals surface area contributed by atoms with Crippen LogP contribution in [0.3, 0.4) is 0 Å². The van der Waals surface area contributed by atoms with E-state index in [9.17, 15) is 8.42 Å². The van der Waals surface area contributed by atoms with Gasteiger partial charge < -0.3 is 0 Å². The highest BCUT2D eigenvalue weighted by atomic mass is 32.2. The lowest BCUT2D eigenvalue weighted by molar-refractivity contribution is 0.597. The molecule has 2 nitrogen and oxygen atoms in total. The summed E-state index contributed by atoms with van der Waals surface area (Å²) in [5, 5.41) is 0. The number of rotatable bonds is 3. The molecular formula is C5H11O2PS.